The van der Waals surface area contributed by atoms with Crippen molar-refractivity contribution in [1.29, 1.82) is 0 Å². The van der Waals surface area contributed by atoms with Crippen molar-refractivity contribution in [2.45, 2.75) is 0 Å². The minimum atomic E-state index is 0.363. The summed E-state index contributed by atoms with van der Waals surface area (Å²) in [5, 5.41) is 0. The van der Waals surface area contributed by atoms with Crippen molar-refractivity contribution in [3.8, 4) is 34.5 Å². The Labute approximate surface area is 209 Å². The zero-order chi connectivity index (χ0) is 25.4. The molecule has 0 bridgehead atoms. The van der Waals surface area contributed by atoms with Gasteiger partial charge in [0.15, 0.2) is 27.8 Å². The molecule has 1 aromatic heterocycles. The average molecular weight is 497 g/mol. The lowest BCUT2D eigenvalue weighted by atomic mass is 10.1. The number of nitrogens with zero attached hydrogens (tertiary/aromatic N) is 1. The van der Waals surface area contributed by atoms with Gasteiger partial charge in [-0.15, -0.1) is 0 Å². The highest BCUT2D eigenvalue weighted by atomic mass is 32.1. The lowest BCUT2D eigenvalue weighted by Crippen LogP contribution is -1.95. The van der Waals surface area contributed by atoms with Crippen LogP contribution in [-0.2, 0) is 0 Å². The van der Waals surface area contributed by atoms with Gasteiger partial charge in [-0.1, -0.05) is 12.2 Å². The highest BCUT2D eigenvalue weighted by Gasteiger charge is 2.13. The fourth-order valence-electron chi connectivity index (χ4n) is 3.43. The first-order valence-corrected chi connectivity index (χ1v) is 10.9. The predicted molar refractivity (Wildman–Crippen MR) is 139 cm³/mol. The number of ether oxygens (including phenoxy) is 6. The van der Waals surface area contributed by atoms with Crippen molar-refractivity contribution in [3.63, 3.8) is 0 Å². The van der Waals surface area contributed by atoms with Crippen molar-refractivity contribution < 1.29 is 28.4 Å². The summed E-state index contributed by atoms with van der Waals surface area (Å²) in [6.07, 6.45) is 7.57. The van der Waals surface area contributed by atoms with Crippen molar-refractivity contribution in [2.24, 2.45) is 0 Å². The molecule has 3 rings (SSSR count). The number of hydrogen-bond donors (Lipinski definition) is 1. The first-order valence-electron chi connectivity index (χ1n) is 10.5. The molecule has 0 saturated carbocycles. The van der Waals surface area contributed by atoms with Gasteiger partial charge in [-0.2, -0.15) is 0 Å². The molecular formula is C26H28N2O6S. The number of nitrogens with one attached hydrogen (secondary N) is 1. The van der Waals surface area contributed by atoms with Crippen LogP contribution >= 0.6 is 12.2 Å². The van der Waals surface area contributed by atoms with Gasteiger partial charge in [-0.25, -0.2) is 4.98 Å². The number of methoxy groups -OCH3 is 6. The van der Waals surface area contributed by atoms with Gasteiger partial charge in [-0.05, 0) is 65.8 Å². The molecule has 184 valence electrons. The Morgan fingerprint density at radius 2 is 1.03 bits per heavy atom. The van der Waals surface area contributed by atoms with E-state index in [1.165, 1.54) is 0 Å². The Morgan fingerprint density at radius 3 is 1.43 bits per heavy atom. The predicted octanol–water partition coefficient (Wildman–Crippen LogP) is 5.53. The van der Waals surface area contributed by atoms with Crippen LogP contribution in [0.15, 0.2) is 30.3 Å². The zero-order valence-corrected chi connectivity index (χ0v) is 21.3. The van der Waals surface area contributed by atoms with E-state index in [-0.39, 0.29) is 0 Å². The summed E-state index contributed by atoms with van der Waals surface area (Å²) in [7, 11) is 9.46. The molecule has 0 saturated heterocycles. The second-order valence-electron chi connectivity index (χ2n) is 7.15. The molecule has 0 aliphatic carbocycles. The quantitative estimate of drug-likeness (QED) is 0.367. The standard InChI is InChI=1S/C26H28N2O6S/c1-29-20-11-16(12-21(30-2)24(20)33-5)7-9-18-15-19(28-26(35)27-18)10-8-17-13-22(31-3)25(34-6)23(14-17)32-4/h7-15H,1-6H3,(H,27,28,35)/b9-7+,10-8+. The van der Waals surface area contributed by atoms with Gasteiger partial charge in [0, 0.05) is 5.69 Å². The van der Waals surface area contributed by atoms with E-state index in [9.17, 15) is 0 Å². The van der Waals surface area contributed by atoms with Crippen LogP contribution in [0.4, 0.5) is 0 Å². The average Bonchev–Trinajstić information content (AvgIpc) is 2.88. The summed E-state index contributed by atoms with van der Waals surface area (Å²) >= 11 is 5.33. The second kappa shape index (κ2) is 11.9. The second-order valence-corrected chi connectivity index (χ2v) is 7.54. The first kappa shape index (κ1) is 25.6. The molecule has 35 heavy (non-hydrogen) atoms. The first-order chi connectivity index (χ1) is 17.0. The number of H-pyrrole nitrogens is 1. The Hall–Kier alpha value is -3.98. The Morgan fingerprint density at radius 1 is 0.600 bits per heavy atom. The molecule has 0 radical (unpaired) electrons. The summed E-state index contributed by atoms with van der Waals surface area (Å²) in [5.41, 5.74) is 3.19. The molecule has 3 aromatic rings. The normalized spacial score (nSPS) is 11.0. The molecule has 9 heteroatoms. The van der Waals surface area contributed by atoms with E-state index in [1.54, 1.807) is 42.7 Å². The number of aromatic nitrogens is 2. The molecule has 1 N–H and O–H groups in total. The molecule has 0 spiro atoms. The minimum Gasteiger partial charge on any atom is -0.493 e. The maximum absolute atomic E-state index is 5.42. The summed E-state index contributed by atoms with van der Waals surface area (Å²) in [4.78, 5) is 7.48. The molecule has 0 aliphatic rings. The van der Waals surface area contributed by atoms with Crippen molar-refractivity contribution in [2.75, 3.05) is 42.7 Å². The van der Waals surface area contributed by atoms with Gasteiger partial charge in [0.25, 0.3) is 0 Å². The third kappa shape index (κ3) is 6.13. The molecular weight excluding hydrogens is 468 g/mol. The van der Waals surface area contributed by atoms with Crippen LogP contribution in [0.2, 0.25) is 0 Å². The third-order valence-corrected chi connectivity index (χ3v) is 5.25. The Bertz CT molecular complexity index is 1150. The van der Waals surface area contributed by atoms with Crippen LogP contribution < -0.4 is 28.4 Å². The third-order valence-electron chi connectivity index (χ3n) is 5.06. The number of hydrogen-bond acceptors (Lipinski definition) is 8. The highest BCUT2D eigenvalue weighted by molar-refractivity contribution is 7.71. The number of rotatable bonds is 10. The van der Waals surface area contributed by atoms with Gasteiger partial charge in [0.05, 0.1) is 48.4 Å². The van der Waals surface area contributed by atoms with Gasteiger partial charge in [0.2, 0.25) is 11.5 Å². The van der Waals surface area contributed by atoms with Crippen LogP contribution in [0.1, 0.15) is 22.5 Å². The summed E-state index contributed by atoms with van der Waals surface area (Å²) in [6, 6.07) is 9.32. The highest BCUT2D eigenvalue weighted by Crippen LogP contribution is 2.39. The van der Waals surface area contributed by atoms with Gasteiger partial charge in [0.1, 0.15) is 0 Å². The van der Waals surface area contributed by atoms with E-state index >= 15 is 0 Å². The largest absolute Gasteiger partial charge is 0.493 e. The summed E-state index contributed by atoms with van der Waals surface area (Å²) in [5.74, 6) is 3.35. The fourth-order valence-corrected chi connectivity index (χ4v) is 3.66. The van der Waals surface area contributed by atoms with E-state index in [4.69, 9.17) is 40.6 Å². The molecule has 0 aliphatic heterocycles. The lowest BCUT2D eigenvalue weighted by molar-refractivity contribution is 0.324. The van der Waals surface area contributed by atoms with Crippen LogP contribution in [0, 0.1) is 4.77 Å². The fraction of sp³-hybridized carbons (Fsp3) is 0.231. The summed E-state index contributed by atoms with van der Waals surface area (Å²) in [6.45, 7) is 0. The maximum Gasteiger partial charge on any atom is 0.203 e. The number of aromatic amines is 1. The SMILES string of the molecule is COc1cc(/C=C/c2cc(/C=C/c3cc(OC)c(OC)c(OC)c3)[nH]c(=S)n2)cc(OC)c1OC. The maximum atomic E-state index is 5.42. The van der Waals surface area contributed by atoms with Crippen molar-refractivity contribution in [1.82, 2.24) is 9.97 Å². The topological polar surface area (TPSA) is 84.1 Å². The molecule has 8 nitrogen and oxygen atoms in total. The lowest BCUT2D eigenvalue weighted by Gasteiger charge is -2.13. The number of benzene rings is 2. The molecule has 2 aromatic carbocycles. The van der Waals surface area contributed by atoms with E-state index in [0.29, 0.717) is 45.0 Å². The monoisotopic (exact) mass is 496 g/mol. The molecule has 0 amide bonds. The van der Waals surface area contributed by atoms with Gasteiger partial charge < -0.3 is 33.4 Å². The Balaban J connectivity index is 1.91. The van der Waals surface area contributed by atoms with Gasteiger partial charge >= 0.3 is 0 Å². The Kier molecular flexibility index (Phi) is 8.74. The van der Waals surface area contributed by atoms with E-state index < -0.39 is 0 Å². The molecule has 0 fully saturated rings. The zero-order valence-electron chi connectivity index (χ0n) is 20.5. The smallest absolute Gasteiger partial charge is 0.203 e. The van der Waals surface area contributed by atoms with Crippen LogP contribution in [0.25, 0.3) is 24.3 Å². The van der Waals surface area contributed by atoms with E-state index in [0.717, 1.165) is 16.8 Å². The van der Waals surface area contributed by atoms with Crippen molar-refractivity contribution in [3.05, 3.63) is 57.6 Å². The molecule has 0 atom stereocenters. The van der Waals surface area contributed by atoms with Crippen LogP contribution in [0.5, 0.6) is 34.5 Å². The molecule has 1 heterocycles. The summed E-state index contributed by atoms with van der Waals surface area (Å²) < 4.78 is 32.8. The van der Waals surface area contributed by atoms with E-state index in [2.05, 4.69) is 9.97 Å². The van der Waals surface area contributed by atoms with Crippen molar-refractivity contribution >= 4 is 36.5 Å². The van der Waals surface area contributed by atoms with Crippen LogP contribution in [0.3, 0.4) is 0 Å². The van der Waals surface area contributed by atoms with Crippen LogP contribution in [-0.4, -0.2) is 52.6 Å². The van der Waals surface area contributed by atoms with Gasteiger partial charge in [-0.3, -0.25) is 0 Å². The molecule has 0 unspecified atom stereocenters. The minimum absolute atomic E-state index is 0.363. The van der Waals surface area contributed by atoms with E-state index in [1.807, 2.05) is 54.6 Å².